The number of amides is 1. The topological polar surface area (TPSA) is 54.5 Å². The van der Waals surface area contributed by atoms with E-state index in [2.05, 4.69) is 0 Å². The van der Waals surface area contributed by atoms with Gasteiger partial charge in [-0.1, -0.05) is 0 Å². The third-order valence-electron chi connectivity index (χ3n) is 3.82. The normalized spacial score (nSPS) is 21.1. The van der Waals surface area contributed by atoms with E-state index in [0.717, 1.165) is 23.9 Å². The van der Waals surface area contributed by atoms with Crippen LogP contribution in [0.3, 0.4) is 0 Å². The molecule has 0 bridgehead atoms. The lowest BCUT2D eigenvalue weighted by atomic mass is 10.2. The van der Waals surface area contributed by atoms with Crippen LogP contribution in [0.25, 0.3) is 0 Å². The van der Waals surface area contributed by atoms with Crippen molar-refractivity contribution >= 4 is 27.5 Å². The van der Waals surface area contributed by atoms with Crippen LogP contribution in [0.15, 0.2) is 23.1 Å². The van der Waals surface area contributed by atoms with Gasteiger partial charge >= 0.3 is 0 Å². The molecule has 1 amide bonds. The van der Waals surface area contributed by atoms with E-state index in [-0.39, 0.29) is 28.4 Å². The second-order valence-corrected chi connectivity index (χ2v) is 9.13. The lowest BCUT2D eigenvalue weighted by molar-refractivity contribution is -0.131. The van der Waals surface area contributed by atoms with Gasteiger partial charge in [-0.25, -0.2) is 17.2 Å². The van der Waals surface area contributed by atoms with E-state index in [1.807, 2.05) is 0 Å². The second kappa shape index (κ2) is 7.17. The van der Waals surface area contributed by atoms with Gasteiger partial charge in [0.1, 0.15) is 11.6 Å². The summed E-state index contributed by atoms with van der Waals surface area (Å²) in [7, 11) is -3.08. The van der Waals surface area contributed by atoms with Crippen LogP contribution in [0.5, 0.6) is 0 Å². The van der Waals surface area contributed by atoms with E-state index in [4.69, 9.17) is 0 Å². The van der Waals surface area contributed by atoms with Gasteiger partial charge in [-0.2, -0.15) is 0 Å². The molecule has 1 aromatic carbocycles. The zero-order chi connectivity index (χ0) is 17.2. The molecule has 0 spiro atoms. The average Bonchev–Trinajstić information content (AvgIpc) is 2.82. The summed E-state index contributed by atoms with van der Waals surface area (Å²) in [6.45, 7) is 3.83. The van der Waals surface area contributed by atoms with E-state index in [9.17, 15) is 22.0 Å². The highest BCUT2D eigenvalue weighted by molar-refractivity contribution is 8.00. The number of thioether (sulfide) groups is 1. The molecule has 1 saturated heterocycles. The first-order valence-electron chi connectivity index (χ1n) is 7.36. The van der Waals surface area contributed by atoms with Gasteiger partial charge in [0.05, 0.1) is 16.8 Å². The first kappa shape index (κ1) is 18.2. The van der Waals surface area contributed by atoms with Gasteiger partial charge in [0.15, 0.2) is 9.84 Å². The van der Waals surface area contributed by atoms with Crippen molar-refractivity contribution in [1.82, 2.24) is 4.90 Å². The summed E-state index contributed by atoms with van der Waals surface area (Å²) in [5.74, 6) is -1.54. The molecule has 2 atom stereocenters. The fourth-order valence-corrected chi connectivity index (χ4v) is 5.33. The Balaban J connectivity index is 2.08. The van der Waals surface area contributed by atoms with Crippen molar-refractivity contribution in [2.75, 3.05) is 18.1 Å². The molecule has 1 aromatic rings. The quantitative estimate of drug-likeness (QED) is 0.754. The Bertz CT molecular complexity index is 694. The molecular formula is C15H19F2NO3S2. The molecule has 8 heteroatoms. The Hall–Kier alpha value is -1.15. The summed E-state index contributed by atoms with van der Waals surface area (Å²) in [5.41, 5.74) is 0. The molecule has 0 aromatic heterocycles. The van der Waals surface area contributed by atoms with E-state index in [0.29, 0.717) is 13.0 Å². The first-order valence-corrected chi connectivity index (χ1v) is 10.1. The number of carbonyl (C=O) groups is 1. The van der Waals surface area contributed by atoms with Crippen LogP contribution < -0.4 is 0 Å². The summed E-state index contributed by atoms with van der Waals surface area (Å²) in [6.07, 6.45) is 0.435. The summed E-state index contributed by atoms with van der Waals surface area (Å²) in [6, 6.07) is 2.90. The van der Waals surface area contributed by atoms with E-state index in [1.54, 1.807) is 18.7 Å². The van der Waals surface area contributed by atoms with E-state index in [1.165, 1.54) is 6.07 Å². The molecular weight excluding hydrogens is 344 g/mol. The van der Waals surface area contributed by atoms with E-state index < -0.39 is 26.7 Å². The maximum absolute atomic E-state index is 13.7. The van der Waals surface area contributed by atoms with Crippen LogP contribution in [0, 0.1) is 11.6 Å². The maximum Gasteiger partial charge on any atom is 0.236 e. The van der Waals surface area contributed by atoms with E-state index >= 15 is 0 Å². The molecule has 0 saturated carbocycles. The Morgan fingerprint density at radius 3 is 2.65 bits per heavy atom. The number of rotatable bonds is 5. The van der Waals surface area contributed by atoms with Crippen molar-refractivity contribution in [3.8, 4) is 0 Å². The number of carbonyl (C=O) groups excluding carboxylic acids is 1. The van der Waals surface area contributed by atoms with Crippen LogP contribution in [-0.2, 0) is 14.6 Å². The largest absolute Gasteiger partial charge is 0.338 e. The van der Waals surface area contributed by atoms with Gasteiger partial charge in [-0.15, -0.1) is 11.8 Å². The predicted octanol–water partition coefficient (Wildman–Crippen LogP) is 2.48. The molecule has 1 heterocycles. The van der Waals surface area contributed by atoms with Gasteiger partial charge < -0.3 is 4.90 Å². The van der Waals surface area contributed by atoms with Gasteiger partial charge in [0, 0.05) is 23.5 Å². The standard InChI is InChI=1S/C15H19F2NO3S2/c1-3-18(12-6-7-23(20,21)9-12)15(19)10(2)22-14-5-4-11(16)8-13(14)17/h4-5,8,10,12H,3,6-7,9H2,1-2H3. The number of hydrogen-bond acceptors (Lipinski definition) is 4. The maximum atomic E-state index is 13.7. The second-order valence-electron chi connectivity index (χ2n) is 5.52. The molecule has 4 nitrogen and oxygen atoms in total. The number of sulfone groups is 1. The molecule has 128 valence electrons. The highest BCUT2D eigenvalue weighted by atomic mass is 32.2. The Labute approximate surface area is 139 Å². The SMILES string of the molecule is CCN(C(=O)C(C)Sc1ccc(F)cc1F)C1CCS(=O)(=O)C1. The smallest absolute Gasteiger partial charge is 0.236 e. The molecule has 1 aliphatic heterocycles. The van der Waals surface area contributed by atoms with Gasteiger partial charge in [0.2, 0.25) is 5.91 Å². The Morgan fingerprint density at radius 2 is 2.13 bits per heavy atom. The van der Waals surface area contributed by atoms with Crippen LogP contribution in [0.2, 0.25) is 0 Å². The molecule has 0 aliphatic carbocycles. The molecule has 2 unspecified atom stereocenters. The average molecular weight is 363 g/mol. The third kappa shape index (κ3) is 4.44. The van der Waals surface area contributed by atoms with Crippen LogP contribution in [-0.4, -0.2) is 48.6 Å². The predicted molar refractivity (Wildman–Crippen MR) is 86.1 cm³/mol. The molecule has 0 N–H and O–H groups in total. The van der Waals surface area contributed by atoms with Gasteiger partial charge in [-0.05, 0) is 32.4 Å². The minimum absolute atomic E-state index is 0.0190. The monoisotopic (exact) mass is 363 g/mol. The van der Waals surface area contributed by atoms with Crippen molar-refractivity contribution in [3.05, 3.63) is 29.8 Å². The summed E-state index contributed by atoms with van der Waals surface area (Å²) >= 11 is 1.01. The van der Waals surface area contributed by atoms with Crippen molar-refractivity contribution in [1.29, 1.82) is 0 Å². The van der Waals surface area contributed by atoms with Crippen LogP contribution in [0.4, 0.5) is 8.78 Å². The fraction of sp³-hybridized carbons (Fsp3) is 0.533. The lowest BCUT2D eigenvalue weighted by Gasteiger charge is -2.29. The minimum Gasteiger partial charge on any atom is -0.338 e. The zero-order valence-corrected chi connectivity index (χ0v) is 14.6. The third-order valence-corrected chi connectivity index (χ3v) is 6.71. The van der Waals surface area contributed by atoms with Crippen molar-refractivity contribution in [2.24, 2.45) is 0 Å². The van der Waals surface area contributed by atoms with Gasteiger partial charge in [-0.3, -0.25) is 4.79 Å². The van der Waals surface area contributed by atoms with Crippen LogP contribution in [0.1, 0.15) is 20.3 Å². The van der Waals surface area contributed by atoms with Gasteiger partial charge in [0.25, 0.3) is 0 Å². The van der Waals surface area contributed by atoms with Crippen molar-refractivity contribution in [3.63, 3.8) is 0 Å². The summed E-state index contributed by atoms with van der Waals surface area (Å²) in [4.78, 5) is 14.3. The summed E-state index contributed by atoms with van der Waals surface area (Å²) in [5, 5.41) is -0.585. The van der Waals surface area contributed by atoms with Crippen molar-refractivity contribution in [2.45, 2.75) is 36.5 Å². The highest BCUT2D eigenvalue weighted by Crippen LogP contribution is 2.29. The number of benzene rings is 1. The molecule has 1 fully saturated rings. The Kier molecular flexibility index (Phi) is 5.67. The van der Waals surface area contributed by atoms with Crippen molar-refractivity contribution < 1.29 is 22.0 Å². The molecule has 2 rings (SSSR count). The number of nitrogens with zero attached hydrogens (tertiary/aromatic N) is 1. The Morgan fingerprint density at radius 1 is 1.43 bits per heavy atom. The number of hydrogen-bond donors (Lipinski definition) is 0. The zero-order valence-electron chi connectivity index (χ0n) is 13.0. The summed E-state index contributed by atoms with van der Waals surface area (Å²) < 4.78 is 49.8. The minimum atomic E-state index is -3.08. The lowest BCUT2D eigenvalue weighted by Crippen LogP contribution is -2.44. The molecule has 0 radical (unpaired) electrons. The molecule has 1 aliphatic rings. The number of halogens is 2. The molecule has 23 heavy (non-hydrogen) atoms. The van der Waals surface area contributed by atoms with Crippen LogP contribution >= 0.6 is 11.8 Å². The highest BCUT2D eigenvalue weighted by Gasteiger charge is 2.35. The first-order chi connectivity index (χ1) is 10.7. The fourth-order valence-electron chi connectivity index (χ4n) is 2.66.